The molecule has 0 spiro atoms. The number of aromatic nitrogens is 1. The monoisotopic (exact) mass is 179 g/mol. The Hall–Kier alpha value is -0.920. The Bertz CT molecular complexity index is 265. The number of hydrogen-bond acceptors (Lipinski definition) is 1. The molecule has 1 heterocycles. The van der Waals surface area contributed by atoms with Gasteiger partial charge in [-0.15, -0.1) is 0 Å². The third-order valence-electron chi connectivity index (χ3n) is 2.77. The van der Waals surface area contributed by atoms with Crippen molar-refractivity contribution in [1.29, 1.82) is 0 Å². The van der Waals surface area contributed by atoms with Gasteiger partial charge in [-0.2, -0.15) is 0 Å². The molecule has 0 aliphatic heterocycles. The van der Waals surface area contributed by atoms with E-state index in [1.165, 1.54) is 6.42 Å². The number of hydrogen-bond donors (Lipinski definition) is 0. The molecule has 13 heavy (non-hydrogen) atoms. The second kappa shape index (κ2) is 3.44. The molecule has 0 N–H and O–H groups in total. The zero-order valence-electron chi connectivity index (χ0n) is 7.67. The summed E-state index contributed by atoms with van der Waals surface area (Å²) in [6.07, 6.45) is 6.11. The highest BCUT2D eigenvalue weighted by atomic mass is 19.1. The van der Waals surface area contributed by atoms with E-state index < -0.39 is 5.67 Å². The molecule has 2 heteroatoms. The maximum Gasteiger partial charge on any atom is 0.152 e. The third kappa shape index (κ3) is 1.71. The Balaban J connectivity index is 2.23. The van der Waals surface area contributed by atoms with Crippen LogP contribution < -0.4 is 0 Å². The van der Waals surface area contributed by atoms with Crippen LogP contribution in [0.3, 0.4) is 0 Å². The van der Waals surface area contributed by atoms with Gasteiger partial charge in [0.2, 0.25) is 0 Å². The van der Waals surface area contributed by atoms with E-state index in [-0.39, 0.29) is 0 Å². The van der Waals surface area contributed by atoms with Gasteiger partial charge in [0.1, 0.15) is 0 Å². The molecule has 0 radical (unpaired) electrons. The SMILES string of the molecule is FC1(c2ccccn2)CCCCC1. The van der Waals surface area contributed by atoms with E-state index in [0.29, 0.717) is 18.5 Å². The fourth-order valence-corrected chi connectivity index (χ4v) is 2.00. The predicted octanol–water partition coefficient (Wildman–Crippen LogP) is 3.21. The van der Waals surface area contributed by atoms with Crippen LogP contribution in [0.4, 0.5) is 4.39 Å². The maximum atomic E-state index is 14.2. The number of nitrogens with zero attached hydrogens (tertiary/aromatic N) is 1. The van der Waals surface area contributed by atoms with Crippen molar-refractivity contribution in [3.05, 3.63) is 30.1 Å². The molecule has 0 saturated heterocycles. The van der Waals surface area contributed by atoms with Crippen LogP contribution in [-0.2, 0) is 5.67 Å². The van der Waals surface area contributed by atoms with Gasteiger partial charge in [-0.3, -0.25) is 4.98 Å². The van der Waals surface area contributed by atoms with Gasteiger partial charge in [0.05, 0.1) is 5.69 Å². The fourth-order valence-electron chi connectivity index (χ4n) is 2.00. The molecule has 1 aliphatic carbocycles. The first kappa shape index (κ1) is 8.67. The van der Waals surface area contributed by atoms with Crippen LogP contribution in [0.1, 0.15) is 37.8 Å². The Kier molecular flexibility index (Phi) is 2.30. The molecule has 70 valence electrons. The van der Waals surface area contributed by atoms with Gasteiger partial charge in [0, 0.05) is 6.20 Å². The molecule has 1 aromatic heterocycles. The van der Waals surface area contributed by atoms with E-state index in [1.807, 2.05) is 12.1 Å². The highest BCUT2D eigenvalue weighted by Gasteiger charge is 2.34. The van der Waals surface area contributed by atoms with E-state index >= 15 is 0 Å². The van der Waals surface area contributed by atoms with Gasteiger partial charge in [-0.1, -0.05) is 12.5 Å². The average Bonchev–Trinajstić information content (AvgIpc) is 2.20. The van der Waals surface area contributed by atoms with E-state index in [9.17, 15) is 4.39 Å². The molecular weight excluding hydrogens is 165 g/mol. The molecule has 0 aromatic carbocycles. The highest BCUT2D eigenvalue weighted by molar-refractivity contribution is 5.13. The summed E-state index contributed by atoms with van der Waals surface area (Å²) in [5.41, 5.74) is -0.519. The zero-order valence-corrected chi connectivity index (χ0v) is 7.67. The molecule has 0 amide bonds. The van der Waals surface area contributed by atoms with E-state index in [0.717, 1.165) is 12.8 Å². The van der Waals surface area contributed by atoms with Crippen LogP contribution in [0.25, 0.3) is 0 Å². The minimum atomic E-state index is -1.14. The third-order valence-corrected chi connectivity index (χ3v) is 2.77. The molecule has 1 aromatic rings. The average molecular weight is 179 g/mol. The van der Waals surface area contributed by atoms with Crippen LogP contribution >= 0.6 is 0 Å². The van der Waals surface area contributed by atoms with Gasteiger partial charge in [-0.25, -0.2) is 4.39 Å². The van der Waals surface area contributed by atoms with Crippen molar-refractivity contribution in [2.75, 3.05) is 0 Å². The number of halogens is 1. The minimum Gasteiger partial charge on any atom is -0.258 e. The summed E-state index contributed by atoms with van der Waals surface area (Å²) in [4.78, 5) is 4.10. The van der Waals surface area contributed by atoms with Crippen LogP contribution in [-0.4, -0.2) is 4.98 Å². The van der Waals surface area contributed by atoms with Crippen LogP contribution in [0, 0.1) is 0 Å². The molecule has 1 saturated carbocycles. The summed E-state index contributed by atoms with van der Waals surface area (Å²) in [7, 11) is 0. The molecule has 0 unspecified atom stereocenters. The molecular formula is C11H14FN. The summed E-state index contributed by atoms with van der Waals surface area (Å²) < 4.78 is 14.2. The lowest BCUT2D eigenvalue weighted by molar-refractivity contribution is 0.101. The Morgan fingerprint density at radius 2 is 1.92 bits per heavy atom. The lowest BCUT2D eigenvalue weighted by Gasteiger charge is -2.28. The Morgan fingerprint density at radius 1 is 1.15 bits per heavy atom. The normalized spacial score (nSPS) is 21.3. The van der Waals surface area contributed by atoms with E-state index in [4.69, 9.17) is 0 Å². The Labute approximate surface area is 78.0 Å². The van der Waals surface area contributed by atoms with E-state index in [2.05, 4.69) is 4.98 Å². The summed E-state index contributed by atoms with van der Waals surface area (Å²) in [5, 5.41) is 0. The molecule has 0 atom stereocenters. The summed E-state index contributed by atoms with van der Waals surface area (Å²) in [6.45, 7) is 0. The van der Waals surface area contributed by atoms with Gasteiger partial charge < -0.3 is 0 Å². The quantitative estimate of drug-likeness (QED) is 0.645. The van der Waals surface area contributed by atoms with Crippen LogP contribution in [0.2, 0.25) is 0 Å². The first-order valence-electron chi connectivity index (χ1n) is 4.92. The van der Waals surface area contributed by atoms with E-state index in [1.54, 1.807) is 12.3 Å². The van der Waals surface area contributed by atoms with Crippen molar-refractivity contribution in [3.63, 3.8) is 0 Å². The van der Waals surface area contributed by atoms with Crippen molar-refractivity contribution in [2.24, 2.45) is 0 Å². The van der Waals surface area contributed by atoms with Crippen molar-refractivity contribution in [2.45, 2.75) is 37.8 Å². The molecule has 0 bridgehead atoms. The van der Waals surface area contributed by atoms with Crippen molar-refractivity contribution >= 4 is 0 Å². The van der Waals surface area contributed by atoms with Crippen LogP contribution in [0.5, 0.6) is 0 Å². The van der Waals surface area contributed by atoms with Gasteiger partial charge in [0.25, 0.3) is 0 Å². The Morgan fingerprint density at radius 3 is 2.54 bits per heavy atom. The zero-order chi connectivity index (χ0) is 9.15. The first-order chi connectivity index (χ1) is 6.31. The number of pyridine rings is 1. The number of rotatable bonds is 1. The second-order valence-electron chi connectivity index (χ2n) is 3.74. The van der Waals surface area contributed by atoms with Crippen LogP contribution in [0.15, 0.2) is 24.4 Å². The molecule has 1 fully saturated rings. The van der Waals surface area contributed by atoms with Crippen molar-refractivity contribution in [3.8, 4) is 0 Å². The standard InChI is InChI=1S/C11H14FN/c12-11(7-3-1-4-8-11)10-6-2-5-9-13-10/h2,5-6,9H,1,3-4,7-8H2. The minimum absolute atomic E-state index is 0.620. The molecule has 1 aliphatic rings. The highest BCUT2D eigenvalue weighted by Crippen LogP contribution is 2.39. The number of alkyl halides is 1. The van der Waals surface area contributed by atoms with Crippen molar-refractivity contribution in [1.82, 2.24) is 4.98 Å². The van der Waals surface area contributed by atoms with Crippen molar-refractivity contribution < 1.29 is 4.39 Å². The smallest absolute Gasteiger partial charge is 0.152 e. The van der Waals surface area contributed by atoms with Gasteiger partial charge in [0.15, 0.2) is 5.67 Å². The first-order valence-corrected chi connectivity index (χ1v) is 4.92. The predicted molar refractivity (Wildman–Crippen MR) is 50.1 cm³/mol. The van der Waals surface area contributed by atoms with Gasteiger partial charge >= 0.3 is 0 Å². The lowest BCUT2D eigenvalue weighted by Crippen LogP contribution is -2.24. The topological polar surface area (TPSA) is 12.9 Å². The second-order valence-corrected chi connectivity index (χ2v) is 3.74. The molecule has 1 nitrogen and oxygen atoms in total. The van der Waals surface area contributed by atoms with Gasteiger partial charge in [-0.05, 0) is 37.8 Å². The summed E-state index contributed by atoms with van der Waals surface area (Å²) >= 11 is 0. The summed E-state index contributed by atoms with van der Waals surface area (Å²) in [5.74, 6) is 0. The maximum absolute atomic E-state index is 14.2. The molecule has 2 rings (SSSR count). The lowest BCUT2D eigenvalue weighted by atomic mass is 9.84. The fraction of sp³-hybridized carbons (Fsp3) is 0.545. The summed E-state index contributed by atoms with van der Waals surface area (Å²) in [6, 6.07) is 5.49. The largest absolute Gasteiger partial charge is 0.258 e.